The molecule has 0 radical (unpaired) electrons. The largest absolute Gasteiger partial charge is 0.496 e. The van der Waals surface area contributed by atoms with Crippen molar-refractivity contribution >= 4 is 27.6 Å². The second-order valence-electron chi connectivity index (χ2n) is 4.67. The van der Waals surface area contributed by atoms with E-state index in [-0.39, 0.29) is 5.78 Å². The van der Waals surface area contributed by atoms with Gasteiger partial charge in [-0.3, -0.25) is 4.79 Å². The molecular weight excluding hydrogens is 238 g/mol. The maximum atomic E-state index is 11.9. The third-order valence-electron chi connectivity index (χ3n) is 3.62. The van der Waals surface area contributed by atoms with Crippen LogP contribution in [-0.2, 0) is 7.05 Å². The minimum atomic E-state index is 0.0732. The van der Waals surface area contributed by atoms with E-state index in [1.54, 1.807) is 14.0 Å². The van der Waals surface area contributed by atoms with E-state index >= 15 is 0 Å². The molecular formula is C16H15NO2. The molecule has 1 heterocycles. The number of carbonyl (C=O) groups excluding carboxylic acids is 1. The summed E-state index contributed by atoms with van der Waals surface area (Å²) in [7, 11) is 3.66. The molecule has 3 nitrogen and oxygen atoms in total. The van der Waals surface area contributed by atoms with E-state index < -0.39 is 0 Å². The molecule has 19 heavy (non-hydrogen) atoms. The summed E-state index contributed by atoms with van der Waals surface area (Å²) in [5, 5.41) is 1.98. The Morgan fingerprint density at radius 1 is 1.05 bits per heavy atom. The molecule has 3 rings (SSSR count). The number of benzene rings is 2. The Morgan fingerprint density at radius 2 is 1.68 bits per heavy atom. The highest BCUT2D eigenvalue weighted by Gasteiger charge is 2.16. The molecule has 0 aliphatic heterocycles. The highest BCUT2D eigenvalue weighted by atomic mass is 16.5. The van der Waals surface area contributed by atoms with Crippen LogP contribution in [0.15, 0.2) is 36.4 Å². The summed E-state index contributed by atoms with van der Waals surface area (Å²) in [4.78, 5) is 11.9. The number of methoxy groups -OCH3 is 1. The van der Waals surface area contributed by atoms with E-state index in [1.165, 1.54) is 0 Å². The summed E-state index contributed by atoms with van der Waals surface area (Å²) in [6.07, 6.45) is 0. The number of Topliss-reactive ketones (excluding diaryl/α,β-unsaturated/α-hetero) is 1. The van der Waals surface area contributed by atoms with Crippen LogP contribution >= 0.6 is 0 Å². The molecule has 3 aromatic rings. The standard InChI is InChI=1S/C16H15NO2/c1-10(18)11-6-4-7-12-15(11)16-13(17(12)2)8-5-9-14(16)19-3/h4-9H,1-3H3. The average Bonchev–Trinajstić information content (AvgIpc) is 2.72. The zero-order valence-electron chi connectivity index (χ0n) is 11.2. The number of hydrogen-bond acceptors (Lipinski definition) is 2. The Balaban J connectivity index is 2.64. The van der Waals surface area contributed by atoms with Crippen molar-refractivity contribution in [1.82, 2.24) is 4.57 Å². The van der Waals surface area contributed by atoms with Gasteiger partial charge in [0.1, 0.15) is 5.75 Å². The molecule has 2 aromatic carbocycles. The quantitative estimate of drug-likeness (QED) is 0.654. The minimum Gasteiger partial charge on any atom is -0.496 e. The minimum absolute atomic E-state index is 0.0732. The molecule has 0 spiro atoms. The molecule has 0 atom stereocenters. The lowest BCUT2D eigenvalue weighted by Crippen LogP contribution is -1.93. The van der Waals surface area contributed by atoms with Crippen LogP contribution in [0.2, 0.25) is 0 Å². The normalized spacial score (nSPS) is 11.1. The van der Waals surface area contributed by atoms with Gasteiger partial charge in [-0.05, 0) is 25.1 Å². The van der Waals surface area contributed by atoms with Crippen LogP contribution in [0.25, 0.3) is 21.8 Å². The lowest BCUT2D eigenvalue weighted by molar-refractivity contribution is 0.101. The van der Waals surface area contributed by atoms with E-state index in [0.717, 1.165) is 33.1 Å². The third-order valence-corrected chi connectivity index (χ3v) is 3.62. The monoisotopic (exact) mass is 253 g/mol. The number of aryl methyl sites for hydroxylation is 1. The van der Waals surface area contributed by atoms with Crippen LogP contribution in [0, 0.1) is 0 Å². The molecule has 0 saturated heterocycles. The fraction of sp³-hybridized carbons (Fsp3) is 0.188. The third kappa shape index (κ3) is 1.55. The molecule has 1 aromatic heterocycles. The number of rotatable bonds is 2. The second-order valence-corrected chi connectivity index (χ2v) is 4.67. The van der Waals surface area contributed by atoms with Gasteiger partial charge in [0.2, 0.25) is 0 Å². The first-order valence-corrected chi connectivity index (χ1v) is 6.20. The number of carbonyl (C=O) groups is 1. The maximum Gasteiger partial charge on any atom is 0.160 e. The smallest absolute Gasteiger partial charge is 0.160 e. The van der Waals surface area contributed by atoms with E-state index in [4.69, 9.17) is 4.74 Å². The summed E-state index contributed by atoms with van der Waals surface area (Å²) < 4.78 is 7.56. The van der Waals surface area contributed by atoms with Gasteiger partial charge in [0.25, 0.3) is 0 Å². The highest BCUT2D eigenvalue weighted by Crippen LogP contribution is 2.36. The SMILES string of the molecule is COc1cccc2c1c1c(C(C)=O)cccc1n2C. The number of aromatic nitrogens is 1. The fourth-order valence-electron chi connectivity index (χ4n) is 2.73. The zero-order chi connectivity index (χ0) is 13.6. The highest BCUT2D eigenvalue weighted by molar-refractivity contribution is 6.19. The van der Waals surface area contributed by atoms with Crippen molar-refractivity contribution in [3.63, 3.8) is 0 Å². The van der Waals surface area contributed by atoms with Crippen molar-refractivity contribution in [2.24, 2.45) is 7.05 Å². The molecule has 0 saturated carbocycles. The molecule has 96 valence electrons. The van der Waals surface area contributed by atoms with Crippen molar-refractivity contribution < 1.29 is 9.53 Å². The first-order valence-electron chi connectivity index (χ1n) is 6.20. The van der Waals surface area contributed by atoms with Gasteiger partial charge in [0, 0.05) is 23.5 Å². The zero-order valence-corrected chi connectivity index (χ0v) is 11.2. The first-order chi connectivity index (χ1) is 9.15. The number of nitrogens with zero attached hydrogens (tertiary/aromatic N) is 1. The van der Waals surface area contributed by atoms with Crippen molar-refractivity contribution in [2.75, 3.05) is 7.11 Å². The van der Waals surface area contributed by atoms with Crippen LogP contribution in [0.4, 0.5) is 0 Å². The molecule has 0 aliphatic carbocycles. The average molecular weight is 253 g/mol. The Kier molecular flexibility index (Phi) is 2.56. The summed E-state index contributed by atoms with van der Waals surface area (Å²) in [5.41, 5.74) is 2.86. The van der Waals surface area contributed by atoms with E-state index in [1.807, 2.05) is 43.4 Å². The predicted molar refractivity (Wildman–Crippen MR) is 77.0 cm³/mol. The molecule has 0 N–H and O–H groups in total. The fourth-order valence-corrected chi connectivity index (χ4v) is 2.73. The predicted octanol–water partition coefficient (Wildman–Crippen LogP) is 3.54. The van der Waals surface area contributed by atoms with Crippen LogP contribution in [0.5, 0.6) is 5.75 Å². The van der Waals surface area contributed by atoms with Crippen molar-refractivity contribution in [3.05, 3.63) is 42.0 Å². The van der Waals surface area contributed by atoms with Crippen LogP contribution in [0.3, 0.4) is 0 Å². The molecule has 0 unspecified atom stereocenters. The van der Waals surface area contributed by atoms with Crippen molar-refractivity contribution in [2.45, 2.75) is 6.92 Å². The number of fused-ring (bicyclic) bond motifs is 3. The summed E-state index contributed by atoms with van der Waals surface area (Å²) in [6.45, 7) is 1.60. The molecule has 0 aliphatic rings. The maximum absolute atomic E-state index is 11.9. The Bertz CT molecular complexity index is 799. The van der Waals surface area contributed by atoms with Crippen molar-refractivity contribution in [3.8, 4) is 5.75 Å². The van der Waals surface area contributed by atoms with Gasteiger partial charge in [0.05, 0.1) is 18.0 Å². The molecule has 3 heteroatoms. The Labute approximate surface area is 111 Å². The Hall–Kier alpha value is -2.29. The van der Waals surface area contributed by atoms with E-state index in [2.05, 4.69) is 4.57 Å². The number of ether oxygens (including phenoxy) is 1. The van der Waals surface area contributed by atoms with Gasteiger partial charge in [-0.2, -0.15) is 0 Å². The van der Waals surface area contributed by atoms with Crippen LogP contribution in [-0.4, -0.2) is 17.5 Å². The summed E-state index contributed by atoms with van der Waals surface area (Å²) >= 11 is 0. The van der Waals surface area contributed by atoms with E-state index in [0.29, 0.717) is 0 Å². The Morgan fingerprint density at radius 3 is 2.32 bits per heavy atom. The topological polar surface area (TPSA) is 31.2 Å². The number of hydrogen-bond donors (Lipinski definition) is 0. The summed E-state index contributed by atoms with van der Waals surface area (Å²) in [6, 6.07) is 11.8. The van der Waals surface area contributed by atoms with Crippen LogP contribution < -0.4 is 4.74 Å². The van der Waals surface area contributed by atoms with Gasteiger partial charge in [-0.1, -0.05) is 18.2 Å². The van der Waals surface area contributed by atoms with Gasteiger partial charge in [-0.25, -0.2) is 0 Å². The van der Waals surface area contributed by atoms with Gasteiger partial charge in [-0.15, -0.1) is 0 Å². The van der Waals surface area contributed by atoms with Crippen LogP contribution in [0.1, 0.15) is 17.3 Å². The lowest BCUT2D eigenvalue weighted by Gasteiger charge is -2.03. The molecule has 0 amide bonds. The second kappa shape index (κ2) is 4.12. The van der Waals surface area contributed by atoms with Gasteiger partial charge < -0.3 is 9.30 Å². The lowest BCUT2D eigenvalue weighted by atomic mass is 10.0. The van der Waals surface area contributed by atoms with E-state index in [9.17, 15) is 4.79 Å². The van der Waals surface area contributed by atoms with Gasteiger partial charge in [0.15, 0.2) is 5.78 Å². The van der Waals surface area contributed by atoms with Crippen molar-refractivity contribution in [1.29, 1.82) is 0 Å². The number of ketones is 1. The molecule has 0 fully saturated rings. The van der Waals surface area contributed by atoms with Gasteiger partial charge >= 0.3 is 0 Å². The molecule has 0 bridgehead atoms. The summed E-state index contributed by atoms with van der Waals surface area (Å²) in [5.74, 6) is 0.876. The first kappa shape index (κ1) is 11.8.